The molecule has 1 aromatic heterocycles. The second kappa shape index (κ2) is 5.35. The van der Waals surface area contributed by atoms with E-state index < -0.39 is 0 Å². The molecule has 0 amide bonds. The van der Waals surface area contributed by atoms with E-state index in [0.717, 1.165) is 17.2 Å². The zero-order valence-corrected chi connectivity index (χ0v) is 10.5. The van der Waals surface area contributed by atoms with Crippen LogP contribution in [0.1, 0.15) is 11.4 Å². The van der Waals surface area contributed by atoms with Gasteiger partial charge < -0.3 is 15.8 Å². The molecule has 3 N–H and O–H groups in total. The Morgan fingerprint density at radius 3 is 2.83 bits per heavy atom. The number of hydrogen-bond acceptors (Lipinski definition) is 5. The number of methoxy groups -OCH3 is 1. The second-order valence-electron chi connectivity index (χ2n) is 3.92. The molecule has 0 unspecified atom stereocenters. The topological polar surface area (TPSA) is 73.1 Å². The quantitative estimate of drug-likeness (QED) is 0.805. The standard InChI is InChI=1S/C13H16N4O/c1-9-15-6-5-13(17-9)16-8-10-3-4-12(18-2)11(14)7-10/h3-7H,8,14H2,1-2H3,(H,15,16,17). The number of ether oxygens (including phenoxy) is 1. The largest absolute Gasteiger partial charge is 0.495 e. The first-order chi connectivity index (χ1) is 8.69. The van der Waals surface area contributed by atoms with Crippen LogP contribution in [0.15, 0.2) is 30.5 Å². The Balaban J connectivity index is 2.04. The fourth-order valence-electron chi connectivity index (χ4n) is 1.64. The number of nitrogen functional groups attached to an aromatic ring is 1. The number of rotatable bonds is 4. The van der Waals surface area contributed by atoms with E-state index in [1.807, 2.05) is 31.2 Å². The SMILES string of the molecule is COc1ccc(CNc2ccnc(C)n2)cc1N. The van der Waals surface area contributed by atoms with Gasteiger partial charge in [0.1, 0.15) is 17.4 Å². The third-order valence-electron chi connectivity index (χ3n) is 2.54. The fourth-order valence-corrected chi connectivity index (χ4v) is 1.64. The maximum absolute atomic E-state index is 5.85. The Hall–Kier alpha value is -2.30. The van der Waals surface area contributed by atoms with Gasteiger partial charge in [-0.2, -0.15) is 0 Å². The smallest absolute Gasteiger partial charge is 0.141 e. The Morgan fingerprint density at radius 2 is 2.17 bits per heavy atom. The molecule has 94 valence electrons. The minimum Gasteiger partial charge on any atom is -0.495 e. The van der Waals surface area contributed by atoms with Gasteiger partial charge in [-0.05, 0) is 30.7 Å². The molecule has 0 saturated carbocycles. The summed E-state index contributed by atoms with van der Waals surface area (Å²) in [6, 6.07) is 7.55. The first-order valence-electron chi connectivity index (χ1n) is 5.65. The number of nitrogens with zero attached hydrogens (tertiary/aromatic N) is 2. The van der Waals surface area contributed by atoms with Crippen molar-refractivity contribution in [1.82, 2.24) is 9.97 Å². The molecule has 1 heterocycles. The minimum absolute atomic E-state index is 0.635. The molecule has 0 fully saturated rings. The van der Waals surface area contributed by atoms with Crippen LogP contribution in [0.4, 0.5) is 11.5 Å². The van der Waals surface area contributed by atoms with Crippen molar-refractivity contribution in [2.24, 2.45) is 0 Å². The molecule has 0 aliphatic heterocycles. The van der Waals surface area contributed by atoms with Gasteiger partial charge in [-0.1, -0.05) is 6.07 Å². The lowest BCUT2D eigenvalue weighted by Gasteiger charge is -2.09. The maximum Gasteiger partial charge on any atom is 0.141 e. The van der Waals surface area contributed by atoms with Crippen molar-refractivity contribution in [2.75, 3.05) is 18.2 Å². The first kappa shape index (κ1) is 12.2. The summed E-state index contributed by atoms with van der Waals surface area (Å²) in [6.07, 6.45) is 1.73. The maximum atomic E-state index is 5.85. The van der Waals surface area contributed by atoms with Crippen LogP contribution in [0, 0.1) is 6.92 Å². The van der Waals surface area contributed by atoms with Crippen LogP contribution in [-0.2, 0) is 6.54 Å². The second-order valence-corrected chi connectivity index (χ2v) is 3.92. The van der Waals surface area contributed by atoms with Crippen molar-refractivity contribution in [3.63, 3.8) is 0 Å². The Morgan fingerprint density at radius 1 is 1.33 bits per heavy atom. The van der Waals surface area contributed by atoms with Gasteiger partial charge in [0.25, 0.3) is 0 Å². The van der Waals surface area contributed by atoms with Crippen molar-refractivity contribution in [3.8, 4) is 5.75 Å². The van der Waals surface area contributed by atoms with Gasteiger partial charge in [-0.3, -0.25) is 0 Å². The van der Waals surface area contributed by atoms with Crippen LogP contribution in [0.3, 0.4) is 0 Å². The first-order valence-corrected chi connectivity index (χ1v) is 5.65. The molecule has 0 bridgehead atoms. The lowest BCUT2D eigenvalue weighted by Crippen LogP contribution is -2.03. The summed E-state index contributed by atoms with van der Waals surface area (Å²) in [5.74, 6) is 2.24. The van der Waals surface area contributed by atoms with Gasteiger partial charge in [0.2, 0.25) is 0 Å². The normalized spacial score (nSPS) is 10.1. The van der Waals surface area contributed by atoms with E-state index in [9.17, 15) is 0 Å². The molecule has 0 saturated heterocycles. The molecule has 2 aromatic rings. The lowest BCUT2D eigenvalue weighted by atomic mass is 10.2. The number of nitrogens with one attached hydrogen (secondary N) is 1. The van der Waals surface area contributed by atoms with E-state index in [0.29, 0.717) is 18.0 Å². The van der Waals surface area contributed by atoms with E-state index in [-0.39, 0.29) is 0 Å². The van der Waals surface area contributed by atoms with E-state index >= 15 is 0 Å². The summed E-state index contributed by atoms with van der Waals surface area (Å²) in [4.78, 5) is 8.31. The highest BCUT2D eigenvalue weighted by Crippen LogP contribution is 2.22. The summed E-state index contributed by atoms with van der Waals surface area (Å²) in [6.45, 7) is 2.52. The predicted octanol–water partition coefficient (Wildman–Crippen LogP) is 1.99. The minimum atomic E-state index is 0.635. The van der Waals surface area contributed by atoms with Crippen molar-refractivity contribution in [1.29, 1.82) is 0 Å². The molecule has 5 heteroatoms. The molecular weight excluding hydrogens is 228 g/mol. The molecule has 0 spiro atoms. The molecule has 18 heavy (non-hydrogen) atoms. The Kier molecular flexibility index (Phi) is 3.62. The average molecular weight is 244 g/mol. The van der Waals surface area contributed by atoms with Crippen LogP contribution < -0.4 is 15.8 Å². The number of benzene rings is 1. The van der Waals surface area contributed by atoms with Gasteiger partial charge in [0.05, 0.1) is 12.8 Å². The van der Waals surface area contributed by atoms with Gasteiger partial charge in [-0.25, -0.2) is 9.97 Å². The van der Waals surface area contributed by atoms with Crippen LogP contribution in [0.25, 0.3) is 0 Å². The van der Waals surface area contributed by atoms with Crippen molar-refractivity contribution < 1.29 is 4.74 Å². The van der Waals surface area contributed by atoms with Crippen LogP contribution in [0.5, 0.6) is 5.75 Å². The highest BCUT2D eigenvalue weighted by Gasteiger charge is 2.01. The summed E-state index contributed by atoms with van der Waals surface area (Å²) in [5.41, 5.74) is 7.56. The molecule has 1 aromatic carbocycles. The molecule has 0 radical (unpaired) electrons. The van der Waals surface area contributed by atoms with Gasteiger partial charge in [0.15, 0.2) is 0 Å². The highest BCUT2D eigenvalue weighted by molar-refractivity contribution is 5.54. The van der Waals surface area contributed by atoms with Crippen molar-refractivity contribution in [3.05, 3.63) is 41.9 Å². The average Bonchev–Trinajstić information content (AvgIpc) is 2.37. The van der Waals surface area contributed by atoms with E-state index in [1.165, 1.54) is 0 Å². The monoisotopic (exact) mass is 244 g/mol. The van der Waals surface area contributed by atoms with Crippen molar-refractivity contribution in [2.45, 2.75) is 13.5 Å². The summed E-state index contributed by atoms with van der Waals surface area (Å²) in [5, 5.41) is 3.22. The molecule has 2 rings (SSSR count). The number of anilines is 2. The van der Waals surface area contributed by atoms with Crippen LogP contribution >= 0.6 is 0 Å². The van der Waals surface area contributed by atoms with E-state index in [2.05, 4.69) is 15.3 Å². The zero-order chi connectivity index (χ0) is 13.0. The third kappa shape index (κ3) is 2.88. The molecule has 0 atom stereocenters. The lowest BCUT2D eigenvalue weighted by molar-refractivity contribution is 0.417. The van der Waals surface area contributed by atoms with Crippen molar-refractivity contribution >= 4 is 11.5 Å². The van der Waals surface area contributed by atoms with Gasteiger partial charge in [-0.15, -0.1) is 0 Å². The van der Waals surface area contributed by atoms with Gasteiger partial charge >= 0.3 is 0 Å². The molecule has 0 aliphatic rings. The number of aromatic nitrogens is 2. The number of nitrogens with two attached hydrogens (primary N) is 1. The zero-order valence-electron chi connectivity index (χ0n) is 10.5. The molecule has 5 nitrogen and oxygen atoms in total. The van der Waals surface area contributed by atoms with E-state index in [4.69, 9.17) is 10.5 Å². The van der Waals surface area contributed by atoms with Crippen LogP contribution in [-0.4, -0.2) is 17.1 Å². The molecule has 0 aliphatic carbocycles. The third-order valence-corrected chi connectivity index (χ3v) is 2.54. The Bertz CT molecular complexity index is 542. The summed E-state index contributed by atoms with van der Waals surface area (Å²) < 4.78 is 5.11. The van der Waals surface area contributed by atoms with Crippen LogP contribution in [0.2, 0.25) is 0 Å². The number of aryl methyl sites for hydroxylation is 1. The van der Waals surface area contributed by atoms with E-state index in [1.54, 1.807) is 13.3 Å². The summed E-state index contributed by atoms with van der Waals surface area (Å²) in [7, 11) is 1.60. The van der Waals surface area contributed by atoms with Gasteiger partial charge in [0, 0.05) is 12.7 Å². The fraction of sp³-hybridized carbons (Fsp3) is 0.231. The number of hydrogen-bond donors (Lipinski definition) is 2. The predicted molar refractivity (Wildman–Crippen MR) is 71.5 cm³/mol. The molecular formula is C13H16N4O. The highest BCUT2D eigenvalue weighted by atomic mass is 16.5. The Labute approximate surface area is 106 Å². The summed E-state index contributed by atoms with van der Waals surface area (Å²) >= 11 is 0.